The van der Waals surface area contributed by atoms with Crippen molar-refractivity contribution in [1.82, 2.24) is 14.8 Å². The Morgan fingerprint density at radius 3 is 2.42 bits per heavy atom. The van der Waals surface area contributed by atoms with Gasteiger partial charge in [0, 0.05) is 17.6 Å². The Kier molecular flexibility index (Phi) is 5.80. The van der Waals surface area contributed by atoms with Gasteiger partial charge in [-0.25, -0.2) is 22.2 Å². The molecule has 2 aromatic heterocycles. The van der Waals surface area contributed by atoms with Gasteiger partial charge in [0.1, 0.15) is 11.5 Å². The Morgan fingerprint density at radius 1 is 1.03 bits per heavy atom. The van der Waals surface area contributed by atoms with Crippen molar-refractivity contribution in [2.45, 2.75) is 11.1 Å². The van der Waals surface area contributed by atoms with Crippen LogP contribution >= 0.6 is 11.3 Å². The first-order valence-corrected chi connectivity index (χ1v) is 11.2. The van der Waals surface area contributed by atoms with Gasteiger partial charge in [0.15, 0.2) is 22.4 Å². The number of benzene rings is 2. The lowest BCUT2D eigenvalue weighted by molar-refractivity contribution is -0.141. The molecule has 0 bridgehead atoms. The molecule has 0 amide bonds. The molecule has 33 heavy (non-hydrogen) atoms. The molecule has 172 valence electrons. The minimum absolute atomic E-state index is 0.0594. The molecule has 0 aliphatic carbocycles. The Bertz CT molecular complexity index is 1400. The van der Waals surface area contributed by atoms with E-state index in [1.54, 1.807) is 0 Å². The summed E-state index contributed by atoms with van der Waals surface area (Å²) in [6.45, 7) is 0. The Labute approximate surface area is 187 Å². The van der Waals surface area contributed by atoms with Gasteiger partial charge in [-0.2, -0.15) is 23.0 Å². The van der Waals surface area contributed by atoms with Gasteiger partial charge in [-0.05, 0) is 30.3 Å². The van der Waals surface area contributed by atoms with Gasteiger partial charge in [0.2, 0.25) is 5.88 Å². The summed E-state index contributed by atoms with van der Waals surface area (Å²) >= 11 is 1.01. The number of hydrogen-bond donors (Lipinski definition) is 1. The Hall–Kier alpha value is -3.52. The second kappa shape index (κ2) is 8.44. The highest BCUT2D eigenvalue weighted by molar-refractivity contribution is 7.93. The maximum absolute atomic E-state index is 14.6. The SMILES string of the molecule is O=S(=O)(Nc1nccs1)c1ccc(Oc2cc(C(F)(F)F)nn2-c2ccccc2F)c(F)c1. The van der Waals surface area contributed by atoms with E-state index in [9.17, 15) is 30.4 Å². The van der Waals surface area contributed by atoms with Gasteiger partial charge in [-0.15, -0.1) is 11.3 Å². The predicted molar refractivity (Wildman–Crippen MR) is 108 cm³/mol. The van der Waals surface area contributed by atoms with Crippen molar-refractivity contribution in [3.05, 3.63) is 77.4 Å². The zero-order valence-corrected chi connectivity index (χ0v) is 17.7. The van der Waals surface area contributed by atoms with Gasteiger partial charge < -0.3 is 4.74 Å². The van der Waals surface area contributed by atoms with Crippen LogP contribution in [0.3, 0.4) is 0 Å². The van der Waals surface area contributed by atoms with Crippen LogP contribution in [0.15, 0.2) is 65.0 Å². The molecule has 0 unspecified atom stereocenters. The third kappa shape index (κ3) is 4.80. The average molecular weight is 502 g/mol. The normalized spacial score (nSPS) is 12.0. The monoisotopic (exact) mass is 502 g/mol. The van der Waals surface area contributed by atoms with E-state index < -0.39 is 50.1 Å². The van der Waals surface area contributed by atoms with Crippen molar-refractivity contribution in [1.29, 1.82) is 0 Å². The van der Waals surface area contributed by atoms with Crippen LogP contribution in [0.25, 0.3) is 5.69 Å². The zero-order chi connectivity index (χ0) is 23.8. The van der Waals surface area contributed by atoms with E-state index in [2.05, 4.69) is 14.8 Å². The fourth-order valence-electron chi connectivity index (χ4n) is 2.66. The van der Waals surface area contributed by atoms with Crippen LogP contribution in [0, 0.1) is 11.6 Å². The van der Waals surface area contributed by atoms with E-state index in [-0.39, 0.29) is 10.8 Å². The topological polar surface area (TPSA) is 86.1 Å². The fraction of sp³-hybridized carbons (Fsp3) is 0.0526. The van der Waals surface area contributed by atoms with Gasteiger partial charge in [-0.1, -0.05) is 12.1 Å². The molecule has 2 heterocycles. The third-order valence-corrected chi connectivity index (χ3v) is 6.28. The highest BCUT2D eigenvalue weighted by Crippen LogP contribution is 2.35. The third-order valence-electron chi connectivity index (χ3n) is 4.13. The molecule has 0 aliphatic rings. The molecule has 1 N–H and O–H groups in total. The van der Waals surface area contributed by atoms with Gasteiger partial charge in [0.05, 0.1) is 4.90 Å². The maximum atomic E-state index is 14.6. The number of thiazole rings is 1. The first kappa shape index (κ1) is 22.7. The number of halogens is 5. The van der Waals surface area contributed by atoms with E-state index in [0.717, 1.165) is 35.6 Å². The minimum Gasteiger partial charge on any atom is -0.436 e. The van der Waals surface area contributed by atoms with Crippen LogP contribution in [0.4, 0.5) is 27.1 Å². The van der Waals surface area contributed by atoms with E-state index >= 15 is 0 Å². The summed E-state index contributed by atoms with van der Waals surface area (Å²) in [4.78, 5) is 3.30. The van der Waals surface area contributed by atoms with Crippen molar-refractivity contribution < 1.29 is 35.1 Å². The predicted octanol–water partition coefficient (Wildman–Crippen LogP) is 5.22. The summed E-state index contributed by atoms with van der Waals surface area (Å²) in [5, 5.41) is 4.92. The van der Waals surface area contributed by atoms with Crippen LogP contribution in [-0.2, 0) is 16.2 Å². The number of alkyl halides is 3. The van der Waals surface area contributed by atoms with Crippen molar-refractivity contribution >= 4 is 26.5 Å². The first-order valence-electron chi connectivity index (χ1n) is 8.86. The lowest BCUT2D eigenvalue weighted by Gasteiger charge is -2.11. The molecular formula is C19H11F5N4O3S2. The Balaban J connectivity index is 1.69. The van der Waals surface area contributed by atoms with Crippen LogP contribution in [0.5, 0.6) is 11.6 Å². The number of sulfonamides is 1. The number of nitrogens with zero attached hydrogens (tertiary/aromatic N) is 3. The van der Waals surface area contributed by atoms with Crippen molar-refractivity contribution in [2.75, 3.05) is 4.72 Å². The molecular weight excluding hydrogens is 491 g/mol. The molecule has 4 aromatic rings. The number of nitrogens with one attached hydrogen (secondary N) is 1. The molecule has 0 spiro atoms. The molecule has 7 nitrogen and oxygen atoms in total. The lowest BCUT2D eigenvalue weighted by Crippen LogP contribution is -2.13. The molecule has 0 saturated carbocycles. The molecule has 0 atom stereocenters. The quantitative estimate of drug-likeness (QED) is 0.366. The summed E-state index contributed by atoms with van der Waals surface area (Å²) in [5.41, 5.74) is -1.76. The van der Waals surface area contributed by atoms with E-state index in [1.165, 1.54) is 23.7 Å². The van der Waals surface area contributed by atoms with E-state index in [4.69, 9.17) is 4.74 Å². The van der Waals surface area contributed by atoms with E-state index in [0.29, 0.717) is 16.8 Å². The largest absolute Gasteiger partial charge is 0.436 e. The number of para-hydroxylation sites is 1. The second-order valence-electron chi connectivity index (χ2n) is 6.37. The summed E-state index contributed by atoms with van der Waals surface area (Å²) in [5.74, 6) is -3.32. The standard InChI is InChI=1S/C19H11F5N4O3S2/c20-12-3-1-2-4-14(12)28-17(10-16(26-28)19(22,23)24)31-15-6-5-11(9-13(15)21)33(29,30)27-18-25-7-8-32-18/h1-10H,(H,25,27). The van der Waals surface area contributed by atoms with Gasteiger partial charge in [-0.3, -0.25) is 4.72 Å². The number of ether oxygens (including phenoxy) is 1. The van der Waals surface area contributed by atoms with Crippen molar-refractivity contribution in [2.24, 2.45) is 0 Å². The number of aromatic nitrogens is 3. The Morgan fingerprint density at radius 2 is 1.79 bits per heavy atom. The summed E-state index contributed by atoms with van der Waals surface area (Å²) < 4.78 is 101. The van der Waals surface area contributed by atoms with Gasteiger partial charge in [0.25, 0.3) is 10.0 Å². The molecule has 0 saturated heterocycles. The fourth-order valence-corrected chi connectivity index (χ4v) is 4.46. The summed E-state index contributed by atoms with van der Waals surface area (Å²) in [6.07, 6.45) is -3.51. The highest BCUT2D eigenvalue weighted by atomic mass is 32.2. The smallest absolute Gasteiger partial charge is 0.435 e. The molecule has 0 aliphatic heterocycles. The van der Waals surface area contributed by atoms with Crippen LogP contribution in [-0.4, -0.2) is 23.2 Å². The van der Waals surface area contributed by atoms with E-state index in [1.807, 2.05) is 0 Å². The number of anilines is 1. The van der Waals surface area contributed by atoms with Crippen molar-refractivity contribution in [3.63, 3.8) is 0 Å². The lowest BCUT2D eigenvalue weighted by atomic mass is 10.3. The minimum atomic E-state index is -4.88. The average Bonchev–Trinajstić information content (AvgIpc) is 3.39. The van der Waals surface area contributed by atoms with Crippen LogP contribution in [0.2, 0.25) is 0 Å². The molecule has 0 radical (unpaired) electrons. The molecule has 2 aromatic carbocycles. The zero-order valence-electron chi connectivity index (χ0n) is 16.0. The molecule has 0 fully saturated rings. The molecule has 4 rings (SSSR count). The molecule has 14 heteroatoms. The summed E-state index contributed by atoms with van der Waals surface area (Å²) in [6, 6.07) is 7.86. The summed E-state index contributed by atoms with van der Waals surface area (Å²) in [7, 11) is -4.18. The van der Waals surface area contributed by atoms with Crippen LogP contribution < -0.4 is 9.46 Å². The van der Waals surface area contributed by atoms with Gasteiger partial charge >= 0.3 is 6.18 Å². The maximum Gasteiger partial charge on any atom is 0.435 e. The number of hydrogen-bond acceptors (Lipinski definition) is 6. The second-order valence-corrected chi connectivity index (χ2v) is 8.94. The van der Waals surface area contributed by atoms with Crippen LogP contribution in [0.1, 0.15) is 5.69 Å². The van der Waals surface area contributed by atoms with Crippen molar-refractivity contribution in [3.8, 4) is 17.3 Å². The number of rotatable bonds is 6. The highest BCUT2D eigenvalue weighted by Gasteiger charge is 2.36. The first-order chi connectivity index (χ1) is 15.5.